The lowest BCUT2D eigenvalue weighted by molar-refractivity contribution is 1.02. The molecule has 0 fully saturated rings. The number of hydrogen-bond donors (Lipinski definition) is 0. The van der Waals surface area contributed by atoms with Gasteiger partial charge in [-0.25, -0.2) is 0 Å². The highest BCUT2D eigenvalue weighted by Gasteiger charge is 2.39. The molecule has 0 aliphatic heterocycles. The molecule has 0 unspecified atom stereocenters. The van der Waals surface area contributed by atoms with E-state index in [1.54, 1.807) is 48.5 Å². The van der Waals surface area contributed by atoms with Gasteiger partial charge in [-0.05, 0) is 86.8 Å². The largest absolute Gasteiger partial charge is 0.192 e. The van der Waals surface area contributed by atoms with Crippen molar-refractivity contribution in [2.24, 2.45) is 0 Å². The molecule has 0 atom stereocenters. The average Bonchev–Trinajstić information content (AvgIpc) is 3.57. The van der Waals surface area contributed by atoms with E-state index in [4.69, 9.17) is 0 Å². The zero-order valence-electron chi connectivity index (χ0n) is 23.1. The highest BCUT2D eigenvalue weighted by Crippen LogP contribution is 2.56. The lowest BCUT2D eigenvalue weighted by atomic mass is 9.91. The van der Waals surface area contributed by atoms with Crippen molar-refractivity contribution in [2.75, 3.05) is 0 Å². The molecule has 4 aromatic carbocycles. The summed E-state index contributed by atoms with van der Waals surface area (Å²) in [5.41, 5.74) is 4.13. The van der Waals surface area contributed by atoms with Crippen molar-refractivity contribution in [1.82, 2.24) is 10.2 Å². The maximum absolute atomic E-state index is 10.1. The molecule has 0 saturated carbocycles. The first kappa shape index (κ1) is 26.8. The van der Waals surface area contributed by atoms with Gasteiger partial charge < -0.3 is 0 Å². The summed E-state index contributed by atoms with van der Waals surface area (Å²) >= 11 is 0. The Bertz CT molecular complexity index is 2750. The van der Waals surface area contributed by atoms with Gasteiger partial charge in [0.1, 0.15) is 71.1 Å². The van der Waals surface area contributed by atoms with Crippen LogP contribution in [0.25, 0.3) is 55.1 Å². The van der Waals surface area contributed by atoms with Crippen molar-refractivity contribution in [3.05, 3.63) is 104 Å². The van der Waals surface area contributed by atoms with Gasteiger partial charge in [-0.1, -0.05) is 0 Å². The lowest BCUT2D eigenvalue weighted by Gasteiger charge is -2.10. The number of benzene rings is 4. The third-order valence-corrected chi connectivity index (χ3v) is 8.18. The summed E-state index contributed by atoms with van der Waals surface area (Å²) in [5.74, 6) is 0. The Morgan fingerprint density at radius 3 is 1.20 bits per heavy atom. The Labute approximate surface area is 259 Å². The molecule has 0 N–H and O–H groups in total. The van der Waals surface area contributed by atoms with Gasteiger partial charge in [0.25, 0.3) is 0 Å². The summed E-state index contributed by atoms with van der Waals surface area (Å²) in [6.45, 7) is 0. The van der Waals surface area contributed by atoms with E-state index in [9.17, 15) is 42.1 Å². The van der Waals surface area contributed by atoms with E-state index in [2.05, 4.69) is 10.2 Å². The lowest BCUT2D eigenvalue weighted by Crippen LogP contribution is -1.98. The van der Waals surface area contributed by atoms with Crippen LogP contribution in [0.3, 0.4) is 0 Å². The second-order valence-electron chi connectivity index (χ2n) is 10.3. The summed E-state index contributed by atoms with van der Waals surface area (Å²) in [7, 11) is 0. The molecule has 10 heteroatoms. The smallest absolute Gasteiger partial charge is 0.139 e. The minimum atomic E-state index is -0.233. The van der Waals surface area contributed by atoms with Gasteiger partial charge in [0.05, 0.1) is 22.3 Å². The quantitative estimate of drug-likeness (QED) is 0.192. The van der Waals surface area contributed by atoms with E-state index >= 15 is 0 Å². The van der Waals surface area contributed by atoms with Crippen molar-refractivity contribution >= 4 is 32.7 Å². The van der Waals surface area contributed by atoms with Crippen molar-refractivity contribution < 1.29 is 0 Å². The molecule has 0 saturated heterocycles. The van der Waals surface area contributed by atoms with Crippen LogP contribution in [0.15, 0.2) is 59.7 Å². The van der Waals surface area contributed by atoms with E-state index in [-0.39, 0.29) is 50.2 Å². The number of allylic oxidation sites excluding steroid dienone is 2. The molecule has 5 aromatic rings. The molecule has 2 aliphatic rings. The summed E-state index contributed by atoms with van der Waals surface area (Å²) in [5, 5.41) is 90.0. The molecule has 202 valence electrons. The van der Waals surface area contributed by atoms with Crippen molar-refractivity contribution in [1.29, 1.82) is 42.1 Å². The Kier molecular flexibility index (Phi) is 5.66. The average molecular weight is 581 g/mol. The van der Waals surface area contributed by atoms with Crippen LogP contribution in [0.2, 0.25) is 0 Å². The van der Waals surface area contributed by atoms with E-state index in [0.717, 1.165) is 0 Å². The molecule has 0 spiro atoms. The second kappa shape index (κ2) is 9.72. The first-order valence-electron chi connectivity index (χ1n) is 13.3. The van der Waals surface area contributed by atoms with Gasteiger partial charge in [0.15, 0.2) is 0 Å². The molecule has 10 nitrogen and oxygen atoms in total. The highest BCUT2D eigenvalue weighted by atomic mass is 15.1. The van der Waals surface area contributed by atoms with Gasteiger partial charge in [0.2, 0.25) is 0 Å². The van der Waals surface area contributed by atoms with Crippen molar-refractivity contribution in [2.45, 2.75) is 0 Å². The monoisotopic (exact) mass is 580 g/mol. The zero-order valence-corrected chi connectivity index (χ0v) is 23.1. The number of rotatable bonds is 0. The molecular weight excluding hydrogens is 572 g/mol. The molecule has 46 heavy (non-hydrogen) atoms. The third kappa shape index (κ3) is 3.43. The number of hydrogen-bond acceptors (Lipinski definition) is 10. The fourth-order valence-electron chi connectivity index (χ4n) is 6.24. The van der Waals surface area contributed by atoms with Crippen LogP contribution in [-0.4, -0.2) is 10.2 Å². The van der Waals surface area contributed by atoms with Crippen molar-refractivity contribution in [3.8, 4) is 70.9 Å². The predicted molar refractivity (Wildman–Crippen MR) is 161 cm³/mol. The second-order valence-corrected chi connectivity index (χ2v) is 10.3. The fraction of sp³-hybridized carbons (Fsp3) is 0. The predicted octanol–water partition coefficient (Wildman–Crippen LogP) is 5.93. The molecular formula is C36H8N10. The number of nitrogens with zero attached hydrogens (tertiary/aromatic N) is 10. The number of aromatic nitrogens is 2. The Morgan fingerprint density at radius 1 is 0.391 bits per heavy atom. The van der Waals surface area contributed by atoms with Gasteiger partial charge in [-0.15, -0.1) is 10.2 Å². The summed E-state index contributed by atoms with van der Waals surface area (Å²) in [6, 6.07) is 29.2. The number of nitriles is 8. The molecule has 1 heterocycles. The molecule has 0 radical (unpaired) electrons. The van der Waals surface area contributed by atoms with Crippen LogP contribution < -0.4 is 0 Å². The Balaban J connectivity index is 1.66. The maximum Gasteiger partial charge on any atom is 0.139 e. The van der Waals surface area contributed by atoms with Gasteiger partial charge in [-0.2, -0.15) is 42.1 Å². The fourth-order valence-corrected chi connectivity index (χ4v) is 6.24. The zero-order chi connectivity index (χ0) is 32.3. The third-order valence-electron chi connectivity index (χ3n) is 8.18. The standard InChI is InChI=1S/C36H8N10/c37-9-21-1-17-5-27-28(6-18(17)2-22(21)10-38)33-34-31(25(13-41)14-42)29-7-19-3-23(11-39)24(12-40)4-20(19)8-30(29)35(34)45-46-36(33)32(27)26(15-43)16-44/h1-8H. The van der Waals surface area contributed by atoms with Crippen molar-refractivity contribution in [3.63, 3.8) is 0 Å². The number of fused-ring (bicyclic) bond motifs is 9. The van der Waals surface area contributed by atoms with Gasteiger partial charge in [0, 0.05) is 27.8 Å². The first-order chi connectivity index (χ1) is 22.4. The molecule has 0 amide bonds. The van der Waals surface area contributed by atoms with Crippen LogP contribution in [0.4, 0.5) is 0 Å². The van der Waals surface area contributed by atoms with Gasteiger partial charge in [-0.3, -0.25) is 0 Å². The van der Waals surface area contributed by atoms with E-state index in [0.29, 0.717) is 60.6 Å². The first-order valence-corrected chi connectivity index (χ1v) is 13.3. The van der Waals surface area contributed by atoms with Crippen LogP contribution in [0.1, 0.15) is 44.6 Å². The van der Waals surface area contributed by atoms with Crippen LogP contribution in [0, 0.1) is 90.6 Å². The van der Waals surface area contributed by atoms with Crippen LogP contribution >= 0.6 is 0 Å². The van der Waals surface area contributed by atoms with Gasteiger partial charge >= 0.3 is 0 Å². The topological polar surface area (TPSA) is 216 Å². The molecule has 0 bridgehead atoms. The molecule has 2 aliphatic carbocycles. The Morgan fingerprint density at radius 2 is 0.761 bits per heavy atom. The summed E-state index contributed by atoms with van der Waals surface area (Å²) in [4.78, 5) is 0. The Hall–Kier alpha value is -8.12. The minimum Gasteiger partial charge on any atom is -0.192 e. The van der Waals surface area contributed by atoms with E-state index < -0.39 is 0 Å². The van der Waals surface area contributed by atoms with E-state index in [1.807, 2.05) is 48.6 Å². The van der Waals surface area contributed by atoms with Crippen LogP contribution in [0.5, 0.6) is 0 Å². The molecule has 7 rings (SSSR count). The van der Waals surface area contributed by atoms with Crippen LogP contribution in [-0.2, 0) is 0 Å². The molecule has 1 aromatic heterocycles. The SMILES string of the molecule is N#CC(C#N)=C1c2cc3cc(C#N)c(C#N)cc3cc2-c2c1nnc1c2C(=C(C#N)C#N)c2cc3cc(C#N)c(C#N)cc3cc2-1. The normalized spacial score (nSPS) is 11.2. The minimum absolute atomic E-state index is 0.164. The maximum atomic E-state index is 10.1. The summed E-state index contributed by atoms with van der Waals surface area (Å²) < 4.78 is 0. The highest BCUT2D eigenvalue weighted by molar-refractivity contribution is 6.16. The summed E-state index contributed by atoms with van der Waals surface area (Å²) in [6.07, 6.45) is 0. The van der Waals surface area contributed by atoms with E-state index in [1.165, 1.54) is 0 Å².